The van der Waals surface area contributed by atoms with Crippen molar-refractivity contribution < 1.29 is 9.53 Å². The number of hydrogen-bond acceptors (Lipinski definition) is 2. The van der Waals surface area contributed by atoms with Gasteiger partial charge in [-0.15, -0.1) is 0 Å². The van der Waals surface area contributed by atoms with Crippen molar-refractivity contribution in [3.8, 4) is 17.0 Å². The van der Waals surface area contributed by atoms with Crippen molar-refractivity contribution in [2.24, 2.45) is 0 Å². The maximum absolute atomic E-state index is 12.7. The normalized spacial score (nSPS) is 10.8. The van der Waals surface area contributed by atoms with Gasteiger partial charge in [-0.1, -0.05) is 60.7 Å². The molecular formula is C24H22N2O2. The van der Waals surface area contributed by atoms with Gasteiger partial charge in [0.25, 0.3) is 0 Å². The van der Waals surface area contributed by atoms with Crippen LogP contribution in [-0.4, -0.2) is 18.0 Å². The Bertz CT molecular complexity index is 1080. The summed E-state index contributed by atoms with van der Waals surface area (Å²) in [4.78, 5) is 16.1. The second kappa shape index (κ2) is 8.01. The second-order valence-corrected chi connectivity index (χ2v) is 6.68. The molecule has 0 fully saturated rings. The van der Waals surface area contributed by atoms with Crippen LogP contribution in [0, 0.1) is 0 Å². The molecule has 0 spiro atoms. The Kier molecular flexibility index (Phi) is 5.11. The molecule has 0 aliphatic heterocycles. The summed E-state index contributed by atoms with van der Waals surface area (Å²) in [7, 11) is 1.65. The molecule has 0 unspecified atom stereocenters. The van der Waals surface area contributed by atoms with Gasteiger partial charge in [-0.2, -0.15) is 0 Å². The molecule has 3 aromatic carbocycles. The number of amides is 1. The molecule has 1 aromatic heterocycles. The maximum Gasteiger partial charge on any atom is 0.224 e. The van der Waals surface area contributed by atoms with Crippen LogP contribution in [0.2, 0.25) is 0 Å². The zero-order valence-corrected chi connectivity index (χ0v) is 15.7. The minimum Gasteiger partial charge on any atom is -0.497 e. The molecule has 1 heterocycles. The number of carbonyl (C=O) groups is 1. The van der Waals surface area contributed by atoms with E-state index in [9.17, 15) is 4.79 Å². The molecule has 4 nitrogen and oxygen atoms in total. The Morgan fingerprint density at radius 1 is 0.929 bits per heavy atom. The Hall–Kier alpha value is -3.53. The number of nitrogens with one attached hydrogen (secondary N) is 2. The standard InChI is InChI=1S/C24H22N2O2/c1-28-19-14-11-17(12-15-19)13-16-22(27)26-24-20-9-5-6-10-21(20)25-23(24)18-7-3-2-4-8-18/h2-12,14-15,25H,13,16H2,1H3,(H,26,27). The third kappa shape index (κ3) is 3.76. The second-order valence-electron chi connectivity index (χ2n) is 6.68. The lowest BCUT2D eigenvalue weighted by Crippen LogP contribution is -2.12. The number of H-pyrrole nitrogens is 1. The number of ether oxygens (including phenoxy) is 1. The molecule has 0 saturated heterocycles. The minimum absolute atomic E-state index is 0.00208. The van der Waals surface area contributed by atoms with Crippen LogP contribution in [0.1, 0.15) is 12.0 Å². The van der Waals surface area contributed by atoms with Gasteiger partial charge >= 0.3 is 0 Å². The molecule has 0 saturated carbocycles. The van der Waals surface area contributed by atoms with Crippen LogP contribution >= 0.6 is 0 Å². The third-order valence-electron chi connectivity index (χ3n) is 4.83. The number of carbonyl (C=O) groups excluding carboxylic acids is 1. The van der Waals surface area contributed by atoms with Crippen molar-refractivity contribution in [1.29, 1.82) is 0 Å². The van der Waals surface area contributed by atoms with E-state index in [1.54, 1.807) is 7.11 Å². The van der Waals surface area contributed by atoms with E-state index in [2.05, 4.69) is 10.3 Å². The van der Waals surface area contributed by atoms with Crippen molar-refractivity contribution in [3.05, 3.63) is 84.4 Å². The Labute approximate surface area is 164 Å². The first-order chi connectivity index (χ1) is 13.7. The van der Waals surface area contributed by atoms with Crippen LogP contribution in [-0.2, 0) is 11.2 Å². The van der Waals surface area contributed by atoms with Crippen LogP contribution in [0.3, 0.4) is 0 Å². The molecule has 0 aliphatic carbocycles. The van der Waals surface area contributed by atoms with E-state index in [1.807, 2.05) is 78.9 Å². The molecule has 28 heavy (non-hydrogen) atoms. The summed E-state index contributed by atoms with van der Waals surface area (Å²) in [5.41, 5.74) is 4.93. The first-order valence-electron chi connectivity index (χ1n) is 9.33. The largest absolute Gasteiger partial charge is 0.497 e. The Balaban J connectivity index is 1.55. The van der Waals surface area contributed by atoms with Crippen molar-refractivity contribution in [2.75, 3.05) is 12.4 Å². The lowest BCUT2D eigenvalue weighted by molar-refractivity contribution is -0.116. The number of anilines is 1. The fourth-order valence-electron chi connectivity index (χ4n) is 3.35. The Morgan fingerprint density at radius 3 is 2.39 bits per heavy atom. The minimum atomic E-state index is -0.00208. The summed E-state index contributed by atoms with van der Waals surface area (Å²) in [6.45, 7) is 0. The molecule has 0 radical (unpaired) electrons. The number of benzene rings is 3. The topological polar surface area (TPSA) is 54.1 Å². The fourth-order valence-corrected chi connectivity index (χ4v) is 3.35. The van der Waals surface area contributed by atoms with E-state index in [1.165, 1.54) is 0 Å². The van der Waals surface area contributed by atoms with Gasteiger partial charge in [0.1, 0.15) is 5.75 Å². The number of para-hydroxylation sites is 1. The number of methoxy groups -OCH3 is 1. The lowest BCUT2D eigenvalue weighted by atomic mass is 10.1. The molecular weight excluding hydrogens is 348 g/mol. The molecule has 4 aromatic rings. The van der Waals surface area contributed by atoms with Gasteiger partial charge in [-0.05, 0) is 30.2 Å². The lowest BCUT2D eigenvalue weighted by Gasteiger charge is -2.08. The smallest absolute Gasteiger partial charge is 0.224 e. The van der Waals surface area contributed by atoms with Gasteiger partial charge in [0.15, 0.2) is 0 Å². The molecule has 2 N–H and O–H groups in total. The van der Waals surface area contributed by atoms with Gasteiger partial charge in [0, 0.05) is 22.9 Å². The van der Waals surface area contributed by atoms with Gasteiger partial charge in [0.2, 0.25) is 5.91 Å². The van der Waals surface area contributed by atoms with E-state index in [0.717, 1.165) is 39.2 Å². The van der Waals surface area contributed by atoms with E-state index in [4.69, 9.17) is 4.74 Å². The summed E-state index contributed by atoms with van der Waals surface area (Å²) < 4.78 is 5.18. The fraction of sp³-hybridized carbons (Fsp3) is 0.125. The SMILES string of the molecule is COc1ccc(CCC(=O)Nc2c(-c3ccccc3)[nH]c3ccccc23)cc1. The van der Waals surface area contributed by atoms with E-state index < -0.39 is 0 Å². The quantitative estimate of drug-likeness (QED) is 0.476. The van der Waals surface area contributed by atoms with Gasteiger partial charge in [0.05, 0.1) is 18.5 Å². The molecule has 0 atom stereocenters. The van der Waals surface area contributed by atoms with Crippen LogP contribution < -0.4 is 10.1 Å². The number of hydrogen-bond donors (Lipinski definition) is 2. The Morgan fingerprint density at radius 2 is 1.64 bits per heavy atom. The molecule has 0 bridgehead atoms. The number of aryl methyl sites for hydroxylation is 1. The van der Waals surface area contributed by atoms with Crippen molar-refractivity contribution in [3.63, 3.8) is 0 Å². The van der Waals surface area contributed by atoms with Crippen LogP contribution in [0.4, 0.5) is 5.69 Å². The first-order valence-corrected chi connectivity index (χ1v) is 9.33. The maximum atomic E-state index is 12.7. The highest BCUT2D eigenvalue weighted by atomic mass is 16.5. The van der Waals surface area contributed by atoms with Crippen LogP contribution in [0.15, 0.2) is 78.9 Å². The van der Waals surface area contributed by atoms with Crippen molar-refractivity contribution in [2.45, 2.75) is 12.8 Å². The zero-order chi connectivity index (χ0) is 19.3. The highest BCUT2D eigenvalue weighted by molar-refractivity contribution is 6.07. The summed E-state index contributed by atoms with van der Waals surface area (Å²) in [6.07, 6.45) is 1.10. The van der Waals surface area contributed by atoms with Gasteiger partial charge < -0.3 is 15.0 Å². The summed E-state index contributed by atoms with van der Waals surface area (Å²) in [6, 6.07) is 25.9. The third-order valence-corrected chi connectivity index (χ3v) is 4.83. The molecule has 140 valence electrons. The van der Waals surface area contributed by atoms with E-state index in [-0.39, 0.29) is 5.91 Å². The predicted molar refractivity (Wildman–Crippen MR) is 114 cm³/mol. The monoisotopic (exact) mass is 370 g/mol. The molecule has 1 amide bonds. The number of fused-ring (bicyclic) bond motifs is 1. The van der Waals surface area contributed by atoms with Crippen LogP contribution in [0.5, 0.6) is 5.75 Å². The number of aromatic nitrogens is 1. The van der Waals surface area contributed by atoms with E-state index in [0.29, 0.717) is 12.8 Å². The average Bonchev–Trinajstić information content (AvgIpc) is 3.12. The number of aromatic amines is 1. The highest BCUT2D eigenvalue weighted by Gasteiger charge is 2.15. The van der Waals surface area contributed by atoms with Gasteiger partial charge in [-0.25, -0.2) is 0 Å². The zero-order valence-electron chi connectivity index (χ0n) is 15.7. The van der Waals surface area contributed by atoms with E-state index >= 15 is 0 Å². The summed E-state index contributed by atoms with van der Waals surface area (Å²) in [5, 5.41) is 4.14. The van der Waals surface area contributed by atoms with Gasteiger partial charge in [-0.3, -0.25) is 4.79 Å². The predicted octanol–water partition coefficient (Wildman–Crippen LogP) is 5.41. The van der Waals surface area contributed by atoms with Crippen molar-refractivity contribution in [1.82, 2.24) is 4.98 Å². The molecule has 4 rings (SSSR count). The van der Waals surface area contributed by atoms with Crippen molar-refractivity contribution >= 4 is 22.5 Å². The molecule has 4 heteroatoms. The average molecular weight is 370 g/mol. The van der Waals surface area contributed by atoms with Crippen LogP contribution in [0.25, 0.3) is 22.2 Å². The highest BCUT2D eigenvalue weighted by Crippen LogP contribution is 2.35. The summed E-state index contributed by atoms with van der Waals surface area (Å²) >= 11 is 0. The molecule has 0 aliphatic rings. The first kappa shape index (κ1) is 17.9. The summed E-state index contributed by atoms with van der Waals surface area (Å²) in [5.74, 6) is 0.817. The number of rotatable bonds is 6.